The average Bonchev–Trinajstić information content (AvgIpc) is 2.95. The largest absolute Gasteiger partial charge is 0.318 e. The Kier molecular flexibility index (Phi) is 2.89. The molecule has 0 aromatic carbocycles. The maximum absolute atomic E-state index is 3.28. The summed E-state index contributed by atoms with van der Waals surface area (Å²) in [6, 6.07) is 1.67. The summed E-state index contributed by atoms with van der Waals surface area (Å²) in [6.07, 6.45) is 5.85. The average molecular weight is 182 g/mol. The van der Waals surface area contributed by atoms with E-state index in [4.69, 9.17) is 0 Å². The Morgan fingerprint density at radius 1 is 1.31 bits per heavy atom. The number of hydrogen-bond donors (Lipinski definition) is 1. The van der Waals surface area contributed by atoms with Crippen LogP contribution in [0.4, 0.5) is 0 Å². The molecule has 0 saturated heterocycles. The summed E-state index contributed by atoms with van der Waals surface area (Å²) in [7, 11) is 2.05. The van der Waals surface area contributed by atoms with Gasteiger partial charge in [0.25, 0.3) is 0 Å². The molecule has 2 rings (SSSR count). The zero-order valence-corrected chi connectivity index (χ0v) is 8.92. The summed E-state index contributed by atoms with van der Waals surface area (Å²) in [5.41, 5.74) is 0. The number of nitrogens with one attached hydrogen (secondary N) is 1. The van der Waals surface area contributed by atoms with E-state index in [1.807, 2.05) is 0 Å². The molecule has 13 heavy (non-hydrogen) atoms. The minimum Gasteiger partial charge on any atom is -0.318 e. The lowest BCUT2D eigenvalue weighted by Gasteiger charge is -2.29. The third-order valence-electron chi connectivity index (χ3n) is 3.25. The van der Waals surface area contributed by atoms with Crippen molar-refractivity contribution in [1.29, 1.82) is 0 Å². The predicted molar refractivity (Wildman–Crippen MR) is 55.8 cm³/mol. The van der Waals surface area contributed by atoms with Crippen LogP contribution < -0.4 is 5.32 Å². The number of nitrogens with zero attached hydrogens (tertiary/aromatic N) is 1. The second-order valence-corrected chi connectivity index (χ2v) is 4.78. The molecule has 0 aromatic rings. The fraction of sp³-hybridized carbons (Fsp3) is 1.00. The fourth-order valence-electron chi connectivity index (χ4n) is 2.11. The van der Waals surface area contributed by atoms with E-state index < -0.39 is 0 Å². The topological polar surface area (TPSA) is 15.3 Å². The van der Waals surface area contributed by atoms with Crippen molar-refractivity contribution in [3.63, 3.8) is 0 Å². The lowest BCUT2D eigenvalue weighted by atomic mass is 10.2. The molecule has 0 spiro atoms. The molecule has 2 saturated carbocycles. The number of rotatable bonds is 6. The van der Waals surface area contributed by atoms with Gasteiger partial charge in [-0.15, -0.1) is 0 Å². The minimum atomic E-state index is 0.734. The van der Waals surface area contributed by atoms with Gasteiger partial charge in [-0.05, 0) is 45.6 Å². The summed E-state index contributed by atoms with van der Waals surface area (Å²) in [4.78, 5) is 2.73. The maximum Gasteiger partial charge on any atom is 0.0195 e. The van der Waals surface area contributed by atoms with Gasteiger partial charge in [0.1, 0.15) is 0 Å². The van der Waals surface area contributed by atoms with Gasteiger partial charge in [-0.1, -0.05) is 0 Å². The Hall–Kier alpha value is -0.0800. The van der Waals surface area contributed by atoms with Crippen LogP contribution in [0.25, 0.3) is 0 Å². The van der Waals surface area contributed by atoms with E-state index >= 15 is 0 Å². The van der Waals surface area contributed by atoms with Crippen LogP contribution >= 0.6 is 0 Å². The van der Waals surface area contributed by atoms with Crippen LogP contribution in [0.3, 0.4) is 0 Å². The molecule has 0 aromatic heterocycles. The third kappa shape index (κ3) is 2.68. The van der Waals surface area contributed by atoms with Crippen LogP contribution in [-0.4, -0.2) is 37.1 Å². The molecule has 1 N–H and O–H groups in total. The van der Waals surface area contributed by atoms with E-state index in [1.165, 1.54) is 32.2 Å². The van der Waals surface area contributed by atoms with E-state index in [1.54, 1.807) is 0 Å². The highest BCUT2D eigenvalue weighted by molar-refractivity contribution is 4.91. The summed E-state index contributed by atoms with van der Waals surface area (Å²) >= 11 is 0. The first-order valence-corrected chi connectivity index (χ1v) is 5.71. The SMILES string of the molecule is CNCC(C)N(CC1CC1)C1CC1. The van der Waals surface area contributed by atoms with E-state index in [2.05, 4.69) is 24.2 Å². The summed E-state index contributed by atoms with van der Waals surface area (Å²) in [5.74, 6) is 1.04. The van der Waals surface area contributed by atoms with Crippen molar-refractivity contribution in [1.82, 2.24) is 10.2 Å². The molecule has 0 bridgehead atoms. The lowest BCUT2D eigenvalue weighted by Crippen LogP contribution is -2.42. The third-order valence-corrected chi connectivity index (χ3v) is 3.25. The van der Waals surface area contributed by atoms with Gasteiger partial charge in [-0.2, -0.15) is 0 Å². The van der Waals surface area contributed by atoms with Crippen molar-refractivity contribution in [2.75, 3.05) is 20.1 Å². The van der Waals surface area contributed by atoms with Crippen molar-refractivity contribution in [2.24, 2.45) is 5.92 Å². The number of hydrogen-bond acceptors (Lipinski definition) is 2. The molecular formula is C11H22N2. The molecule has 1 unspecified atom stereocenters. The highest BCUT2D eigenvalue weighted by Gasteiger charge is 2.35. The summed E-state index contributed by atoms with van der Waals surface area (Å²) in [5, 5.41) is 3.28. The van der Waals surface area contributed by atoms with Gasteiger partial charge in [0, 0.05) is 25.2 Å². The van der Waals surface area contributed by atoms with Gasteiger partial charge in [0.15, 0.2) is 0 Å². The highest BCUT2D eigenvalue weighted by Crippen LogP contribution is 2.35. The molecule has 2 aliphatic carbocycles. The second kappa shape index (κ2) is 3.97. The zero-order chi connectivity index (χ0) is 9.26. The molecule has 0 radical (unpaired) electrons. The van der Waals surface area contributed by atoms with Crippen molar-refractivity contribution >= 4 is 0 Å². The number of likely N-dealkylation sites (N-methyl/N-ethyl adjacent to an activating group) is 1. The smallest absolute Gasteiger partial charge is 0.0195 e. The maximum atomic E-state index is 3.28. The first kappa shape index (κ1) is 9.47. The van der Waals surface area contributed by atoms with Gasteiger partial charge in [-0.25, -0.2) is 0 Å². The van der Waals surface area contributed by atoms with Crippen molar-refractivity contribution in [3.8, 4) is 0 Å². The Morgan fingerprint density at radius 2 is 2.00 bits per heavy atom. The highest BCUT2D eigenvalue weighted by atomic mass is 15.2. The standard InChI is InChI=1S/C11H22N2/c1-9(7-12-2)13(11-5-6-11)8-10-3-4-10/h9-12H,3-8H2,1-2H3. The molecule has 0 heterocycles. The molecule has 2 fully saturated rings. The van der Waals surface area contributed by atoms with E-state index in [0.717, 1.165) is 24.5 Å². The van der Waals surface area contributed by atoms with Crippen LogP contribution in [0.5, 0.6) is 0 Å². The Balaban J connectivity index is 1.79. The summed E-state index contributed by atoms with van der Waals surface area (Å²) < 4.78 is 0. The predicted octanol–water partition coefficient (Wildman–Crippen LogP) is 1.47. The van der Waals surface area contributed by atoms with Crippen LogP contribution in [0.2, 0.25) is 0 Å². The van der Waals surface area contributed by atoms with Crippen molar-refractivity contribution in [2.45, 2.75) is 44.7 Å². The lowest BCUT2D eigenvalue weighted by molar-refractivity contribution is 0.188. The first-order valence-electron chi connectivity index (χ1n) is 5.71. The van der Waals surface area contributed by atoms with Crippen LogP contribution in [-0.2, 0) is 0 Å². The molecule has 1 atom stereocenters. The van der Waals surface area contributed by atoms with Gasteiger partial charge in [0.2, 0.25) is 0 Å². The fourth-order valence-corrected chi connectivity index (χ4v) is 2.11. The molecule has 0 amide bonds. The van der Waals surface area contributed by atoms with E-state index in [9.17, 15) is 0 Å². The first-order chi connectivity index (χ1) is 6.31. The Bertz CT molecular complexity index is 161. The Morgan fingerprint density at radius 3 is 2.46 bits per heavy atom. The van der Waals surface area contributed by atoms with Gasteiger partial charge < -0.3 is 5.32 Å². The molecular weight excluding hydrogens is 160 g/mol. The van der Waals surface area contributed by atoms with E-state index in [0.29, 0.717) is 0 Å². The van der Waals surface area contributed by atoms with Crippen molar-refractivity contribution < 1.29 is 0 Å². The van der Waals surface area contributed by atoms with E-state index in [-0.39, 0.29) is 0 Å². The normalized spacial score (nSPS) is 25.2. The zero-order valence-electron chi connectivity index (χ0n) is 8.92. The monoisotopic (exact) mass is 182 g/mol. The van der Waals surface area contributed by atoms with Gasteiger partial charge in [-0.3, -0.25) is 4.90 Å². The van der Waals surface area contributed by atoms with Gasteiger partial charge in [0.05, 0.1) is 0 Å². The van der Waals surface area contributed by atoms with Gasteiger partial charge >= 0.3 is 0 Å². The van der Waals surface area contributed by atoms with Crippen LogP contribution in [0.1, 0.15) is 32.6 Å². The van der Waals surface area contributed by atoms with Crippen LogP contribution in [0, 0.1) is 5.92 Å². The van der Waals surface area contributed by atoms with Crippen LogP contribution in [0.15, 0.2) is 0 Å². The molecule has 2 aliphatic rings. The molecule has 2 nitrogen and oxygen atoms in total. The molecule has 2 heteroatoms. The summed E-state index contributed by atoms with van der Waals surface area (Å²) in [6.45, 7) is 4.87. The second-order valence-electron chi connectivity index (χ2n) is 4.78. The Labute approximate surface area is 81.7 Å². The quantitative estimate of drug-likeness (QED) is 0.669. The molecule has 76 valence electrons. The molecule has 0 aliphatic heterocycles. The minimum absolute atomic E-state index is 0.734. The van der Waals surface area contributed by atoms with Crippen molar-refractivity contribution in [3.05, 3.63) is 0 Å².